The summed E-state index contributed by atoms with van der Waals surface area (Å²) in [6, 6.07) is 0. The van der Waals surface area contributed by atoms with E-state index < -0.39 is 5.41 Å². The Balaban J connectivity index is 2.41. The van der Waals surface area contributed by atoms with Crippen LogP contribution in [0, 0.1) is 5.41 Å². The van der Waals surface area contributed by atoms with Crippen molar-refractivity contribution in [2.45, 2.75) is 33.6 Å². The minimum atomic E-state index is -0.458. The molecule has 1 rings (SSSR count). The van der Waals surface area contributed by atoms with E-state index in [-0.39, 0.29) is 11.8 Å². The van der Waals surface area contributed by atoms with Gasteiger partial charge in [0.2, 0.25) is 11.8 Å². The molecule has 1 aliphatic heterocycles. The number of hydrogen-bond donors (Lipinski definition) is 2. The third kappa shape index (κ3) is 4.97. The van der Waals surface area contributed by atoms with Crippen molar-refractivity contribution in [3.05, 3.63) is 0 Å². The molecule has 1 unspecified atom stereocenters. The maximum atomic E-state index is 12.5. The van der Waals surface area contributed by atoms with Crippen molar-refractivity contribution in [1.29, 1.82) is 0 Å². The van der Waals surface area contributed by atoms with Crippen LogP contribution < -0.4 is 11.1 Å². The van der Waals surface area contributed by atoms with Crippen molar-refractivity contribution < 1.29 is 9.59 Å². The lowest BCUT2D eigenvalue weighted by Gasteiger charge is -2.39. The number of nitrogens with two attached hydrogens (primary N) is 1. The van der Waals surface area contributed by atoms with Crippen molar-refractivity contribution >= 4 is 11.8 Å². The van der Waals surface area contributed by atoms with E-state index in [0.717, 1.165) is 32.5 Å². The number of carbonyl (C=O) groups is 2. The first-order valence-electron chi connectivity index (χ1n) is 7.95. The number of rotatable bonds is 7. The van der Waals surface area contributed by atoms with Crippen LogP contribution in [0.5, 0.6) is 0 Å². The molecule has 6 heteroatoms. The maximum absolute atomic E-state index is 12.5. The highest BCUT2D eigenvalue weighted by molar-refractivity contribution is 5.82. The summed E-state index contributed by atoms with van der Waals surface area (Å²) >= 11 is 0. The van der Waals surface area contributed by atoms with E-state index in [1.807, 2.05) is 25.7 Å². The molecule has 0 aliphatic carbocycles. The van der Waals surface area contributed by atoms with Gasteiger partial charge >= 0.3 is 0 Å². The van der Waals surface area contributed by atoms with Gasteiger partial charge in [0.15, 0.2) is 0 Å². The summed E-state index contributed by atoms with van der Waals surface area (Å²) in [5, 5.41) is 2.88. The monoisotopic (exact) mass is 298 g/mol. The van der Waals surface area contributed by atoms with Gasteiger partial charge in [-0.15, -0.1) is 0 Å². The normalized spacial score (nSPS) is 19.1. The molecular weight excluding hydrogens is 268 g/mol. The fraction of sp³-hybridized carbons (Fsp3) is 0.867. The summed E-state index contributed by atoms with van der Waals surface area (Å²) < 4.78 is 0. The van der Waals surface area contributed by atoms with E-state index in [4.69, 9.17) is 5.73 Å². The second-order valence-corrected chi connectivity index (χ2v) is 6.04. The fourth-order valence-corrected chi connectivity index (χ4v) is 2.40. The Kier molecular flexibility index (Phi) is 7.11. The Hall–Kier alpha value is -1.14. The maximum Gasteiger partial charge on any atom is 0.234 e. The lowest BCUT2D eigenvalue weighted by molar-refractivity contribution is -0.142. The second-order valence-electron chi connectivity index (χ2n) is 6.04. The van der Waals surface area contributed by atoms with Crippen molar-refractivity contribution in [2.75, 3.05) is 45.8 Å². The molecule has 1 fully saturated rings. The number of nitrogens with zero attached hydrogens (tertiary/aromatic N) is 2. The quantitative estimate of drug-likeness (QED) is 0.695. The van der Waals surface area contributed by atoms with Crippen LogP contribution >= 0.6 is 0 Å². The third-order valence-corrected chi connectivity index (χ3v) is 4.35. The zero-order chi connectivity index (χ0) is 15.9. The van der Waals surface area contributed by atoms with Crippen LogP contribution in [0.2, 0.25) is 0 Å². The van der Waals surface area contributed by atoms with Crippen LogP contribution in [0.3, 0.4) is 0 Å². The molecular formula is C15H30N4O2. The molecule has 1 atom stereocenters. The Morgan fingerprint density at radius 3 is 2.29 bits per heavy atom. The number of piperazine rings is 1. The largest absolute Gasteiger partial charge is 0.355 e. The van der Waals surface area contributed by atoms with Crippen LogP contribution in [-0.4, -0.2) is 67.4 Å². The first kappa shape index (κ1) is 17.9. The van der Waals surface area contributed by atoms with E-state index in [9.17, 15) is 9.59 Å². The van der Waals surface area contributed by atoms with Crippen molar-refractivity contribution in [3.63, 3.8) is 0 Å². The first-order chi connectivity index (χ1) is 9.96. The molecule has 122 valence electrons. The van der Waals surface area contributed by atoms with Crippen LogP contribution in [0.15, 0.2) is 0 Å². The molecule has 21 heavy (non-hydrogen) atoms. The van der Waals surface area contributed by atoms with Gasteiger partial charge < -0.3 is 16.0 Å². The lowest BCUT2D eigenvalue weighted by Crippen LogP contribution is -2.55. The Morgan fingerprint density at radius 1 is 1.19 bits per heavy atom. The lowest BCUT2D eigenvalue weighted by atomic mass is 9.86. The fourth-order valence-electron chi connectivity index (χ4n) is 2.40. The predicted molar refractivity (Wildman–Crippen MR) is 83.8 cm³/mol. The summed E-state index contributed by atoms with van der Waals surface area (Å²) in [4.78, 5) is 28.2. The zero-order valence-electron chi connectivity index (χ0n) is 13.7. The molecule has 1 aliphatic rings. The van der Waals surface area contributed by atoms with Gasteiger partial charge in [-0.05, 0) is 19.8 Å². The Morgan fingerprint density at radius 2 is 1.81 bits per heavy atom. The first-order valence-corrected chi connectivity index (χ1v) is 7.95. The highest BCUT2D eigenvalue weighted by atomic mass is 16.2. The summed E-state index contributed by atoms with van der Waals surface area (Å²) in [6.45, 7) is 10.3. The van der Waals surface area contributed by atoms with Gasteiger partial charge in [-0.1, -0.05) is 13.8 Å². The highest BCUT2D eigenvalue weighted by Gasteiger charge is 2.35. The SMILES string of the molecule is CCCNC(=O)CN1CCN(C(=O)C(C)(CC)CN)CC1. The molecule has 0 radical (unpaired) electrons. The van der Waals surface area contributed by atoms with Gasteiger partial charge in [0.05, 0.1) is 12.0 Å². The van der Waals surface area contributed by atoms with E-state index >= 15 is 0 Å². The smallest absolute Gasteiger partial charge is 0.234 e. The van der Waals surface area contributed by atoms with E-state index in [2.05, 4.69) is 10.2 Å². The van der Waals surface area contributed by atoms with Gasteiger partial charge in [-0.2, -0.15) is 0 Å². The van der Waals surface area contributed by atoms with Crippen LogP contribution in [0.4, 0.5) is 0 Å². The van der Waals surface area contributed by atoms with Crippen molar-refractivity contribution in [1.82, 2.24) is 15.1 Å². The molecule has 0 spiro atoms. The standard InChI is InChI=1S/C15H30N4O2/c1-4-6-17-13(20)11-18-7-9-19(10-8-18)14(21)15(3,5-2)12-16/h4-12,16H2,1-3H3,(H,17,20). The molecule has 0 aromatic heterocycles. The number of nitrogens with one attached hydrogen (secondary N) is 1. The third-order valence-electron chi connectivity index (χ3n) is 4.35. The number of amides is 2. The summed E-state index contributed by atoms with van der Waals surface area (Å²) in [6.07, 6.45) is 1.70. The predicted octanol–water partition coefficient (Wildman–Crippen LogP) is 0.0318. The Labute approximate surface area is 128 Å². The minimum absolute atomic E-state index is 0.0666. The van der Waals surface area contributed by atoms with Gasteiger partial charge in [0, 0.05) is 39.3 Å². The molecule has 0 bridgehead atoms. The van der Waals surface area contributed by atoms with E-state index in [1.54, 1.807) is 0 Å². The molecule has 0 aromatic carbocycles. The number of carbonyl (C=O) groups excluding carboxylic acids is 2. The molecule has 0 saturated carbocycles. The molecule has 2 amide bonds. The van der Waals surface area contributed by atoms with Gasteiger partial charge in [-0.3, -0.25) is 14.5 Å². The van der Waals surface area contributed by atoms with Crippen LogP contribution in [0.1, 0.15) is 33.6 Å². The minimum Gasteiger partial charge on any atom is -0.355 e. The molecule has 3 N–H and O–H groups in total. The number of hydrogen-bond acceptors (Lipinski definition) is 4. The van der Waals surface area contributed by atoms with Crippen LogP contribution in [0.25, 0.3) is 0 Å². The van der Waals surface area contributed by atoms with Gasteiger partial charge in [0.1, 0.15) is 0 Å². The highest BCUT2D eigenvalue weighted by Crippen LogP contribution is 2.23. The van der Waals surface area contributed by atoms with Gasteiger partial charge in [0.25, 0.3) is 0 Å². The summed E-state index contributed by atoms with van der Waals surface area (Å²) in [5.41, 5.74) is 5.30. The van der Waals surface area contributed by atoms with Crippen molar-refractivity contribution in [3.8, 4) is 0 Å². The summed E-state index contributed by atoms with van der Waals surface area (Å²) in [7, 11) is 0. The summed E-state index contributed by atoms with van der Waals surface area (Å²) in [5.74, 6) is 0.208. The topological polar surface area (TPSA) is 78.7 Å². The average Bonchev–Trinajstić information content (AvgIpc) is 2.52. The molecule has 1 saturated heterocycles. The zero-order valence-corrected chi connectivity index (χ0v) is 13.7. The van der Waals surface area contributed by atoms with Gasteiger partial charge in [-0.25, -0.2) is 0 Å². The van der Waals surface area contributed by atoms with Crippen LogP contribution in [-0.2, 0) is 9.59 Å². The van der Waals surface area contributed by atoms with E-state index in [0.29, 0.717) is 26.2 Å². The Bertz CT molecular complexity index is 348. The van der Waals surface area contributed by atoms with Crippen molar-refractivity contribution in [2.24, 2.45) is 11.1 Å². The second kappa shape index (κ2) is 8.34. The van der Waals surface area contributed by atoms with E-state index in [1.165, 1.54) is 0 Å². The molecule has 6 nitrogen and oxygen atoms in total. The molecule has 0 aromatic rings. The average molecular weight is 298 g/mol. The molecule has 1 heterocycles.